The van der Waals surface area contributed by atoms with E-state index in [0.29, 0.717) is 23.6 Å². The van der Waals surface area contributed by atoms with E-state index in [4.69, 9.17) is 15.2 Å². The molecule has 70 valence electrons. The summed E-state index contributed by atoms with van der Waals surface area (Å²) in [5, 5.41) is 23.1. The van der Waals surface area contributed by atoms with Crippen molar-refractivity contribution in [1.82, 2.24) is 0 Å². The van der Waals surface area contributed by atoms with Crippen LogP contribution in [0, 0.1) is 0 Å². The summed E-state index contributed by atoms with van der Waals surface area (Å²) in [7, 11) is 1.53. The molecule has 0 saturated carbocycles. The van der Waals surface area contributed by atoms with Crippen molar-refractivity contribution in [1.29, 1.82) is 0 Å². The number of oxime groups is 2. The smallest absolute Gasteiger partial charge is 0.108 e. The van der Waals surface area contributed by atoms with Crippen LogP contribution in [0.1, 0.15) is 0 Å². The van der Waals surface area contributed by atoms with Gasteiger partial charge in [-0.15, -0.1) is 0 Å². The number of rotatable bonds is 2. The molecule has 0 bridgehead atoms. The Hall–Kier alpha value is -1.62. The Bertz CT molecular complexity index is 303. The molecule has 0 aliphatic heterocycles. The highest BCUT2D eigenvalue weighted by molar-refractivity contribution is 6.21. The first-order valence-electron chi connectivity index (χ1n) is 3.64. The van der Waals surface area contributed by atoms with E-state index in [0.717, 1.165) is 0 Å². The fraction of sp³-hybridized carbons (Fsp3) is 0.250. The molecule has 0 aromatic carbocycles. The van der Waals surface area contributed by atoms with E-state index < -0.39 is 0 Å². The van der Waals surface area contributed by atoms with Crippen molar-refractivity contribution in [2.75, 3.05) is 13.7 Å². The van der Waals surface area contributed by atoms with E-state index in [9.17, 15) is 0 Å². The van der Waals surface area contributed by atoms with Gasteiger partial charge in [0, 0.05) is 12.7 Å². The van der Waals surface area contributed by atoms with Crippen molar-refractivity contribution in [3.8, 4) is 0 Å². The predicted octanol–water partition coefficient (Wildman–Crippen LogP) is 0.789. The lowest BCUT2D eigenvalue weighted by atomic mass is 10.0. The van der Waals surface area contributed by atoms with Gasteiger partial charge >= 0.3 is 0 Å². The summed E-state index contributed by atoms with van der Waals surface area (Å²) in [6.07, 6.45) is 4.66. The predicted molar refractivity (Wildman–Crippen MR) is 47.5 cm³/mol. The number of nitrogens with zero attached hydrogens (tertiary/aromatic N) is 2. The third-order valence-electron chi connectivity index (χ3n) is 1.59. The fourth-order valence-electron chi connectivity index (χ4n) is 1.00. The van der Waals surface area contributed by atoms with Gasteiger partial charge < -0.3 is 15.2 Å². The third-order valence-corrected chi connectivity index (χ3v) is 1.59. The average molecular weight is 182 g/mol. The van der Waals surface area contributed by atoms with Gasteiger partial charge in [0.15, 0.2) is 0 Å². The van der Waals surface area contributed by atoms with Crippen LogP contribution >= 0.6 is 0 Å². The van der Waals surface area contributed by atoms with Crippen LogP contribution in [-0.2, 0) is 4.74 Å². The molecule has 0 saturated heterocycles. The van der Waals surface area contributed by atoms with Gasteiger partial charge in [-0.2, -0.15) is 0 Å². The van der Waals surface area contributed by atoms with Crippen LogP contribution in [-0.4, -0.2) is 35.6 Å². The van der Waals surface area contributed by atoms with E-state index in [1.165, 1.54) is 13.2 Å². The maximum atomic E-state index is 8.58. The summed E-state index contributed by atoms with van der Waals surface area (Å²) < 4.78 is 4.88. The molecule has 2 N–H and O–H groups in total. The lowest BCUT2D eigenvalue weighted by Crippen LogP contribution is -2.12. The zero-order valence-electron chi connectivity index (χ0n) is 7.14. The fourth-order valence-corrected chi connectivity index (χ4v) is 1.00. The molecule has 0 spiro atoms. The van der Waals surface area contributed by atoms with Crippen molar-refractivity contribution in [3.05, 3.63) is 23.8 Å². The average Bonchev–Trinajstić information content (AvgIpc) is 2.18. The molecule has 1 aliphatic rings. The first kappa shape index (κ1) is 9.47. The highest BCUT2D eigenvalue weighted by atomic mass is 16.5. The van der Waals surface area contributed by atoms with Gasteiger partial charge in [0.25, 0.3) is 0 Å². The maximum Gasteiger partial charge on any atom is 0.108 e. The van der Waals surface area contributed by atoms with Crippen LogP contribution in [0.15, 0.2) is 34.1 Å². The van der Waals surface area contributed by atoms with Crippen LogP contribution < -0.4 is 0 Å². The van der Waals surface area contributed by atoms with E-state index in [-0.39, 0.29) is 0 Å². The van der Waals surface area contributed by atoms with Crippen LogP contribution in [0.5, 0.6) is 0 Å². The summed E-state index contributed by atoms with van der Waals surface area (Å²) in [6.45, 7) is 0.308. The van der Waals surface area contributed by atoms with Crippen LogP contribution in [0.4, 0.5) is 0 Å². The molecule has 0 fully saturated rings. The summed E-state index contributed by atoms with van der Waals surface area (Å²) >= 11 is 0. The topological polar surface area (TPSA) is 74.4 Å². The Morgan fingerprint density at radius 2 is 2.08 bits per heavy atom. The summed E-state index contributed by atoms with van der Waals surface area (Å²) in [4.78, 5) is 0. The molecule has 0 amide bonds. The third kappa shape index (κ3) is 2.16. The first-order valence-corrected chi connectivity index (χ1v) is 3.64. The maximum absolute atomic E-state index is 8.58. The van der Waals surface area contributed by atoms with Crippen molar-refractivity contribution in [3.63, 3.8) is 0 Å². The summed E-state index contributed by atoms with van der Waals surface area (Å²) in [5.41, 5.74) is 1.48. The Balaban J connectivity index is 2.91. The summed E-state index contributed by atoms with van der Waals surface area (Å²) in [5.74, 6) is 0. The Kier molecular flexibility index (Phi) is 3.22. The van der Waals surface area contributed by atoms with Gasteiger partial charge in [-0.1, -0.05) is 10.3 Å². The van der Waals surface area contributed by atoms with Crippen molar-refractivity contribution in [2.24, 2.45) is 10.3 Å². The number of ether oxygens (including phenoxy) is 1. The molecule has 0 heterocycles. The van der Waals surface area contributed by atoms with Gasteiger partial charge in [0.05, 0.1) is 6.61 Å². The lowest BCUT2D eigenvalue weighted by Gasteiger charge is -2.08. The number of allylic oxidation sites excluding steroid dienone is 3. The highest BCUT2D eigenvalue weighted by Crippen LogP contribution is 2.07. The van der Waals surface area contributed by atoms with Crippen molar-refractivity contribution < 1.29 is 15.2 Å². The number of hydrogen-bond donors (Lipinski definition) is 2. The number of methoxy groups -OCH3 is 1. The van der Waals surface area contributed by atoms with Gasteiger partial charge in [0.1, 0.15) is 11.4 Å². The molecule has 0 radical (unpaired) electrons. The van der Waals surface area contributed by atoms with Crippen molar-refractivity contribution >= 4 is 11.4 Å². The number of hydrogen-bond acceptors (Lipinski definition) is 5. The molecule has 5 nitrogen and oxygen atoms in total. The second kappa shape index (κ2) is 4.42. The van der Waals surface area contributed by atoms with Crippen LogP contribution in [0.2, 0.25) is 0 Å². The molecule has 5 heteroatoms. The zero-order valence-corrected chi connectivity index (χ0v) is 7.14. The molecule has 0 unspecified atom stereocenters. The van der Waals surface area contributed by atoms with Gasteiger partial charge in [-0.05, 0) is 18.2 Å². The molecule has 0 atom stereocenters. The SMILES string of the molecule is COCC1=CC(=NO)C=CC1=NO. The molecule has 13 heavy (non-hydrogen) atoms. The minimum atomic E-state index is 0.308. The lowest BCUT2D eigenvalue weighted by molar-refractivity contribution is 0.229. The van der Waals surface area contributed by atoms with Gasteiger partial charge in [-0.25, -0.2) is 0 Å². The first-order chi connectivity index (χ1) is 6.31. The van der Waals surface area contributed by atoms with E-state index >= 15 is 0 Å². The second-order valence-corrected chi connectivity index (χ2v) is 2.45. The normalized spacial score (nSPS) is 22.4. The molecular formula is C8H10N2O3. The zero-order chi connectivity index (χ0) is 9.68. The highest BCUT2D eigenvalue weighted by Gasteiger charge is 2.10. The molecular weight excluding hydrogens is 172 g/mol. The largest absolute Gasteiger partial charge is 0.410 e. The molecule has 0 aromatic rings. The summed E-state index contributed by atoms with van der Waals surface area (Å²) in [6, 6.07) is 0. The second-order valence-electron chi connectivity index (χ2n) is 2.45. The monoisotopic (exact) mass is 182 g/mol. The Labute approximate surface area is 75.3 Å². The van der Waals surface area contributed by atoms with E-state index in [1.54, 1.807) is 12.2 Å². The van der Waals surface area contributed by atoms with E-state index in [1.807, 2.05) is 0 Å². The van der Waals surface area contributed by atoms with Gasteiger partial charge in [0.2, 0.25) is 0 Å². The van der Waals surface area contributed by atoms with Gasteiger partial charge in [-0.3, -0.25) is 0 Å². The Morgan fingerprint density at radius 1 is 1.31 bits per heavy atom. The van der Waals surface area contributed by atoms with Crippen LogP contribution in [0.25, 0.3) is 0 Å². The minimum Gasteiger partial charge on any atom is -0.410 e. The minimum absolute atomic E-state index is 0.308. The quantitative estimate of drug-likeness (QED) is 0.376. The van der Waals surface area contributed by atoms with Crippen LogP contribution in [0.3, 0.4) is 0 Å². The molecule has 0 aromatic heterocycles. The Morgan fingerprint density at radius 3 is 2.62 bits per heavy atom. The molecule has 1 aliphatic carbocycles. The standard InChI is InChI=1S/C8H10N2O3/c1-13-5-6-4-7(9-11)2-3-8(6)10-12/h2-4,11-12H,5H2,1H3. The molecule has 1 rings (SSSR count). The van der Waals surface area contributed by atoms with Crippen molar-refractivity contribution in [2.45, 2.75) is 0 Å². The van der Waals surface area contributed by atoms with E-state index in [2.05, 4.69) is 10.3 Å².